The molecule has 330 valence electrons. The molecule has 1 saturated heterocycles. The van der Waals surface area contributed by atoms with E-state index in [0.717, 1.165) is 48.2 Å². The summed E-state index contributed by atoms with van der Waals surface area (Å²) in [6.07, 6.45) is 5.80. The molecule has 4 bridgehead atoms. The summed E-state index contributed by atoms with van der Waals surface area (Å²) < 4.78 is 25.2. The van der Waals surface area contributed by atoms with Crippen molar-refractivity contribution in [2.75, 3.05) is 13.1 Å². The Hall–Kier alpha value is -4.52. The first kappa shape index (κ1) is 39.8. The number of hydrogen-bond acceptors (Lipinski definition) is 11. The summed E-state index contributed by atoms with van der Waals surface area (Å²) in [4.78, 5) is 57.7. The van der Waals surface area contributed by atoms with Gasteiger partial charge in [0.2, 0.25) is 0 Å². The van der Waals surface area contributed by atoms with Crippen molar-refractivity contribution in [2.45, 2.75) is 130 Å². The second kappa shape index (κ2) is 13.5. The SMILES string of the molecule is O=C(Cc1cc(Cl)cc2cc(Cl)cc(CC(=O)Oc3ccc4c5c3O[C@H]3C(=O)CC[C@@]6(O)[C@@H](C4)N(CC4CC4)CC[C@]536)c12)Oc1ccc2c3c1O[C@H]1C(=O)CC[C@@]4(O)[C@H](CCC[C@]314)C2. The van der Waals surface area contributed by atoms with Crippen LogP contribution in [0.3, 0.4) is 0 Å². The average molecular weight is 905 g/mol. The molecule has 4 saturated carbocycles. The van der Waals surface area contributed by atoms with Gasteiger partial charge in [-0.3, -0.25) is 24.1 Å². The smallest absolute Gasteiger partial charge is 0.315 e. The summed E-state index contributed by atoms with van der Waals surface area (Å²) in [5.41, 5.74) is 0.682. The Morgan fingerprint density at radius 2 is 1.28 bits per heavy atom. The molecule has 0 aromatic heterocycles. The van der Waals surface area contributed by atoms with Crippen molar-refractivity contribution in [1.29, 1.82) is 0 Å². The molecule has 4 aromatic carbocycles. The van der Waals surface area contributed by atoms with E-state index in [0.29, 0.717) is 87.9 Å². The molecule has 9 aliphatic rings. The molecule has 4 aromatic rings. The Bertz CT molecular complexity index is 2820. The van der Waals surface area contributed by atoms with Crippen LogP contribution in [0.4, 0.5) is 0 Å². The largest absolute Gasteiger partial charge is 0.477 e. The number of aliphatic hydroxyl groups is 2. The number of Topliss-reactive ketones (excluding diaryl/α,β-unsaturated/α-hetero) is 2. The van der Waals surface area contributed by atoms with E-state index in [-0.39, 0.29) is 60.7 Å². The quantitative estimate of drug-likeness (QED) is 0.139. The lowest BCUT2D eigenvalue weighted by molar-refractivity contribution is -0.188. The summed E-state index contributed by atoms with van der Waals surface area (Å²) in [6, 6.07) is 14.0. The molecule has 8 atom stereocenters. The van der Waals surface area contributed by atoms with Gasteiger partial charge in [0.15, 0.2) is 46.8 Å². The van der Waals surface area contributed by atoms with E-state index in [1.807, 2.05) is 12.1 Å². The zero-order valence-corrected chi connectivity index (χ0v) is 36.7. The van der Waals surface area contributed by atoms with Crippen molar-refractivity contribution >= 4 is 57.5 Å². The van der Waals surface area contributed by atoms with E-state index in [1.54, 1.807) is 36.4 Å². The Balaban J connectivity index is 0.800. The molecular weight excluding hydrogens is 857 g/mol. The van der Waals surface area contributed by atoms with Gasteiger partial charge >= 0.3 is 11.9 Å². The van der Waals surface area contributed by atoms with E-state index >= 15 is 0 Å². The lowest BCUT2D eigenvalue weighted by Crippen LogP contribution is -2.76. The van der Waals surface area contributed by atoms with Crippen molar-refractivity contribution in [2.24, 2.45) is 11.8 Å². The molecule has 6 aliphatic carbocycles. The van der Waals surface area contributed by atoms with Crippen LogP contribution in [0, 0.1) is 11.8 Å². The highest BCUT2D eigenvalue weighted by Crippen LogP contribution is 2.68. The standard InChI is InChI=1S/C51H47Cl2NO10/c52-32-17-28-18-33(53)20-30(23-40(58)62-37-8-6-27-21-38-51(60)13-10-35(56)47-49(51,43(27)45(37)64-47)14-15-54(38)24-25-3-4-25)41(28)29(19-32)22-39(57)61-36-7-5-26-16-31-2-1-11-48-42(26)44(36)63-46(48)34(55)9-12-50(31,48)59/h5-8,17-20,25,31,38,46-47,59-60H,1-4,9-16,21-24H2/t31-,38-,46+,47+,48+,49+,50-,51-/m1/s1. The Morgan fingerprint density at radius 3 is 1.88 bits per heavy atom. The van der Waals surface area contributed by atoms with Gasteiger partial charge in [-0.1, -0.05) is 41.8 Å². The average Bonchev–Trinajstić information content (AvgIpc) is 3.88. The third-order valence-electron chi connectivity index (χ3n) is 17.2. The number of fused-ring (bicyclic) bond motifs is 1. The molecular formula is C51H47Cl2NO10. The first-order valence-electron chi connectivity index (χ1n) is 23.0. The number of hydrogen-bond donors (Lipinski definition) is 2. The second-order valence-corrected chi connectivity index (χ2v) is 21.2. The highest BCUT2D eigenvalue weighted by Gasteiger charge is 2.74. The summed E-state index contributed by atoms with van der Waals surface area (Å²) >= 11 is 13.3. The zero-order valence-electron chi connectivity index (χ0n) is 35.2. The topological polar surface area (TPSA) is 149 Å². The van der Waals surface area contributed by atoms with Gasteiger partial charge in [0, 0.05) is 46.6 Å². The van der Waals surface area contributed by atoms with Gasteiger partial charge in [0.25, 0.3) is 0 Å². The van der Waals surface area contributed by atoms with Crippen molar-refractivity contribution in [3.63, 3.8) is 0 Å². The fourth-order valence-corrected chi connectivity index (χ4v) is 15.1. The molecule has 2 N–H and O–H groups in total. The highest BCUT2D eigenvalue weighted by atomic mass is 35.5. The van der Waals surface area contributed by atoms with Crippen LogP contribution in [-0.4, -0.2) is 81.2 Å². The number of benzene rings is 4. The summed E-state index contributed by atoms with van der Waals surface area (Å²) in [7, 11) is 0. The molecule has 64 heavy (non-hydrogen) atoms. The maximum Gasteiger partial charge on any atom is 0.315 e. The van der Waals surface area contributed by atoms with Crippen LogP contribution in [-0.2, 0) is 55.7 Å². The van der Waals surface area contributed by atoms with Crippen molar-refractivity contribution < 1.29 is 48.3 Å². The lowest BCUT2D eigenvalue weighted by atomic mass is 9.46. The van der Waals surface area contributed by atoms with Gasteiger partial charge in [-0.25, -0.2) is 0 Å². The molecule has 11 nitrogen and oxygen atoms in total. The van der Waals surface area contributed by atoms with E-state index in [1.165, 1.54) is 12.8 Å². The van der Waals surface area contributed by atoms with Gasteiger partial charge in [0.1, 0.15) is 0 Å². The minimum Gasteiger partial charge on any atom is -0.477 e. The summed E-state index contributed by atoms with van der Waals surface area (Å²) in [5.74, 6) is 0.508. The zero-order chi connectivity index (χ0) is 43.7. The second-order valence-electron chi connectivity index (χ2n) is 20.3. The summed E-state index contributed by atoms with van der Waals surface area (Å²) in [6.45, 7) is 1.71. The van der Waals surface area contributed by atoms with Gasteiger partial charge in [-0.15, -0.1) is 0 Å². The number of ketones is 2. The van der Waals surface area contributed by atoms with Crippen LogP contribution < -0.4 is 18.9 Å². The van der Waals surface area contributed by atoms with Gasteiger partial charge < -0.3 is 29.2 Å². The van der Waals surface area contributed by atoms with E-state index < -0.39 is 46.2 Å². The first-order valence-corrected chi connectivity index (χ1v) is 23.8. The van der Waals surface area contributed by atoms with Crippen LogP contribution in [0.15, 0.2) is 48.5 Å². The molecule has 13 heteroatoms. The van der Waals surface area contributed by atoms with E-state index in [2.05, 4.69) is 4.90 Å². The van der Waals surface area contributed by atoms with Crippen molar-refractivity contribution in [3.05, 3.63) is 92.0 Å². The van der Waals surface area contributed by atoms with Gasteiger partial charge in [-0.05, 0) is 146 Å². The molecule has 0 amide bonds. The number of carbonyl (C=O) groups excluding carboxylic acids is 4. The number of ether oxygens (including phenoxy) is 4. The molecule has 2 spiro atoms. The minimum absolute atomic E-state index is 0.0342. The molecule has 3 aliphatic heterocycles. The maximum atomic E-state index is 14.1. The minimum atomic E-state index is -1.15. The van der Waals surface area contributed by atoms with Crippen molar-refractivity contribution in [3.8, 4) is 23.0 Å². The van der Waals surface area contributed by atoms with Gasteiger partial charge in [0.05, 0.1) is 34.9 Å². The number of halogens is 2. The molecule has 13 rings (SSSR count). The van der Waals surface area contributed by atoms with E-state index in [4.69, 9.17) is 42.1 Å². The van der Waals surface area contributed by atoms with Crippen LogP contribution in [0.25, 0.3) is 10.8 Å². The number of nitrogens with zero attached hydrogens (tertiary/aromatic N) is 1. The fraction of sp³-hybridized carbons (Fsp3) is 0.490. The third kappa shape index (κ3) is 5.22. The number of carbonyl (C=O) groups is 4. The number of esters is 2. The molecule has 0 unspecified atom stereocenters. The number of piperidine rings is 1. The van der Waals surface area contributed by atoms with Crippen LogP contribution in [0.1, 0.15) is 97.6 Å². The van der Waals surface area contributed by atoms with Crippen LogP contribution >= 0.6 is 23.2 Å². The van der Waals surface area contributed by atoms with Crippen LogP contribution in [0.2, 0.25) is 10.0 Å². The molecule has 5 fully saturated rings. The highest BCUT2D eigenvalue weighted by molar-refractivity contribution is 6.33. The Kier molecular flexibility index (Phi) is 8.42. The first-order chi connectivity index (χ1) is 30.8. The summed E-state index contributed by atoms with van der Waals surface area (Å²) in [5, 5.41) is 26.9. The predicted octanol–water partition coefficient (Wildman–Crippen LogP) is 7.03. The third-order valence-corrected chi connectivity index (χ3v) is 17.7. The van der Waals surface area contributed by atoms with E-state index in [9.17, 15) is 29.4 Å². The van der Waals surface area contributed by atoms with Crippen molar-refractivity contribution in [1.82, 2.24) is 4.90 Å². The van der Waals surface area contributed by atoms with Gasteiger partial charge in [-0.2, -0.15) is 0 Å². The maximum absolute atomic E-state index is 14.1. The fourth-order valence-electron chi connectivity index (χ4n) is 14.6. The normalized spacial score (nSPS) is 33.6. The monoisotopic (exact) mass is 903 g/mol. The Labute approximate surface area is 379 Å². The molecule has 0 radical (unpaired) electrons. The Morgan fingerprint density at radius 1 is 0.719 bits per heavy atom. The lowest BCUT2D eigenvalue weighted by Gasteiger charge is -2.62. The van der Waals surface area contributed by atoms with Crippen LogP contribution in [0.5, 0.6) is 23.0 Å². The number of rotatable bonds is 8. The number of likely N-dealkylation sites (tertiary alicyclic amines) is 1. The molecule has 3 heterocycles. The predicted molar refractivity (Wildman–Crippen MR) is 234 cm³/mol.